The van der Waals surface area contributed by atoms with Crippen molar-refractivity contribution in [1.82, 2.24) is 0 Å². The fourth-order valence-electron chi connectivity index (χ4n) is 6.01. The zero-order chi connectivity index (χ0) is 38.5. The Balaban J connectivity index is 4.11. The van der Waals surface area contributed by atoms with Crippen LogP contribution in [0.4, 0.5) is 0 Å². The van der Waals surface area contributed by atoms with Crippen molar-refractivity contribution in [2.75, 3.05) is 19.8 Å². The van der Waals surface area contributed by atoms with Crippen molar-refractivity contribution < 1.29 is 47.5 Å². The van der Waals surface area contributed by atoms with Gasteiger partial charge in [0.05, 0.1) is 13.2 Å². The molecule has 0 amide bonds. The lowest BCUT2D eigenvalue weighted by Gasteiger charge is -2.20. The summed E-state index contributed by atoms with van der Waals surface area (Å²) in [5.74, 6) is -2.37. The fraction of sp³-hybridized carbons (Fsp3) is 0.925. The number of hydrogen-bond acceptors (Lipinski definition) is 9. The molecule has 0 aliphatic heterocycles. The van der Waals surface area contributed by atoms with E-state index in [2.05, 4.69) is 18.4 Å². The van der Waals surface area contributed by atoms with E-state index in [1.807, 2.05) is 0 Å². The first-order valence-corrected chi connectivity index (χ1v) is 22.6. The molecule has 3 atom stereocenters. The maximum atomic E-state index is 12.6. The Kier molecular flexibility index (Phi) is 35.4. The number of carboxylic acids is 1. The third kappa shape index (κ3) is 35.5. The highest BCUT2D eigenvalue weighted by Crippen LogP contribution is 2.43. The summed E-state index contributed by atoms with van der Waals surface area (Å²) in [7, 11) is -4.70. The Hall–Kier alpha value is -1.52. The van der Waals surface area contributed by atoms with Gasteiger partial charge in [-0.1, -0.05) is 181 Å². The molecule has 0 aromatic heterocycles. The van der Waals surface area contributed by atoms with Gasteiger partial charge in [0, 0.05) is 12.8 Å². The Morgan fingerprint density at radius 1 is 0.519 bits per heavy atom. The summed E-state index contributed by atoms with van der Waals surface area (Å²) in [6.45, 7) is 2.75. The van der Waals surface area contributed by atoms with Crippen LogP contribution in [-0.2, 0) is 37.5 Å². The minimum atomic E-state index is -4.70. The number of aliphatic carboxylic acids is 1. The first-order chi connectivity index (χ1) is 25.1. The quantitative estimate of drug-likeness (QED) is 0.0308. The third-order valence-electron chi connectivity index (χ3n) is 9.36. The van der Waals surface area contributed by atoms with E-state index in [4.69, 9.17) is 24.8 Å². The summed E-state index contributed by atoms with van der Waals surface area (Å²) >= 11 is 0. The van der Waals surface area contributed by atoms with Gasteiger partial charge in [-0.15, -0.1) is 0 Å². The van der Waals surface area contributed by atoms with Gasteiger partial charge in [-0.3, -0.25) is 23.4 Å². The lowest BCUT2D eigenvalue weighted by atomic mass is 10.0. The predicted octanol–water partition coefficient (Wildman–Crippen LogP) is 10.7. The van der Waals surface area contributed by atoms with E-state index in [-0.39, 0.29) is 19.4 Å². The number of carbonyl (C=O) groups excluding carboxylic acids is 2. The van der Waals surface area contributed by atoms with E-state index < -0.39 is 51.1 Å². The van der Waals surface area contributed by atoms with Crippen LogP contribution >= 0.6 is 7.82 Å². The third-order valence-corrected chi connectivity index (χ3v) is 10.3. The summed E-state index contributed by atoms with van der Waals surface area (Å²) < 4.78 is 32.5. The number of nitrogens with two attached hydrogens (primary N) is 1. The molecule has 308 valence electrons. The van der Waals surface area contributed by atoms with E-state index in [1.165, 1.54) is 116 Å². The molecule has 0 rings (SSSR count). The van der Waals surface area contributed by atoms with E-state index in [9.17, 15) is 23.8 Å². The Bertz CT molecular complexity index is 906. The van der Waals surface area contributed by atoms with Crippen molar-refractivity contribution in [2.24, 2.45) is 5.73 Å². The van der Waals surface area contributed by atoms with Gasteiger partial charge in [0.1, 0.15) is 12.6 Å². The first kappa shape index (κ1) is 50.5. The van der Waals surface area contributed by atoms with E-state index in [0.29, 0.717) is 12.8 Å². The molecule has 0 aromatic rings. The van der Waals surface area contributed by atoms with Crippen LogP contribution in [0, 0.1) is 0 Å². The molecule has 12 heteroatoms. The summed E-state index contributed by atoms with van der Waals surface area (Å²) in [4.78, 5) is 45.6. The van der Waals surface area contributed by atoms with Crippen molar-refractivity contribution in [1.29, 1.82) is 0 Å². The van der Waals surface area contributed by atoms with E-state index in [0.717, 1.165) is 51.4 Å². The minimum absolute atomic E-state index is 0.169. The van der Waals surface area contributed by atoms with Crippen molar-refractivity contribution in [3.05, 3.63) is 0 Å². The molecule has 0 saturated heterocycles. The van der Waals surface area contributed by atoms with Gasteiger partial charge < -0.3 is 25.2 Å². The number of ether oxygens (including phenoxy) is 2. The van der Waals surface area contributed by atoms with Gasteiger partial charge in [0.15, 0.2) is 6.10 Å². The minimum Gasteiger partial charge on any atom is -0.480 e. The second-order valence-electron chi connectivity index (χ2n) is 14.5. The average molecular weight is 764 g/mol. The molecule has 0 aromatic carbocycles. The highest BCUT2D eigenvalue weighted by Gasteiger charge is 2.28. The number of phosphoric acid groups is 1. The standard InChI is InChI=1S/C40H78NO10P/c1-3-5-7-9-11-12-13-14-15-16-17-18-19-20-21-22-23-24-25-26-28-30-32-39(43)51-36(33-48-38(42)31-29-27-10-8-6-4-2)34-49-52(46,47)50-35-37(41)40(44)45/h36-37H,3-35,41H2,1-2H3,(H,44,45)(H,46,47). The molecule has 0 heterocycles. The molecule has 0 spiro atoms. The van der Waals surface area contributed by atoms with Crippen molar-refractivity contribution in [2.45, 2.75) is 219 Å². The average Bonchev–Trinajstić information content (AvgIpc) is 3.12. The number of carboxylic acid groups (broad SMARTS) is 1. The van der Waals surface area contributed by atoms with Crippen LogP contribution < -0.4 is 5.73 Å². The SMILES string of the molecule is CCCCCCCCCCCCCCCCCCCCCCCCC(=O)OC(COC(=O)CCCCCCCC)COP(=O)(O)OCC(N)C(=O)O. The molecular formula is C40H78NO10P. The van der Waals surface area contributed by atoms with Gasteiger partial charge in [-0.05, 0) is 12.8 Å². The number of phosphoric ester groups is 1. The van der Waals surface area contributed by atoms with Crippen LogP contribution in [0.3, 0.4) is 0 Å². The molecule has 0 fully saturated rings. The lowest BCUT2D eigenvalue weighted by Crippen LogP contribution is -2.34. The maximum absolute atomic E-state index is 12.6. The highest BCUT2D eigenvalue weighted by molar-refractivity contribution is 7.47. The van der Waals surface area contributed by atoms with Gasteiger partial charge in [0.25, 0.3) is 0 Å². The molecular weight excluding hydrogens is 685 g/mol. The second kappa shape index (κ2) is 36.5. The van der Waals surface area contributed by atoms with Crippen molar-refractivity contribution >= 4 is 25.7 Å². The van der Waals surface area contributed by atoms with Crippen LogP contribution in [0.1, 0.15) is 206 Å². The van der Waals surface area contributed by atoms with Crippen molar-refractivity contribution in [3.8, 4) is 0 Å². The molecule has 4 N–H and O–H groups in total. The molecule has 0 radical (unpaired) electrons. The van der Waals surface area contributed by atoms with Crippen molar-refractivity contribution in [3.63, 3.8) is 0 Å². The molecule has 52 heavy (non-hydrogen) atoms. The highest BCUT2D eigenvalue weighted by atomic mass is 31.2. The van der Waals surface area contributed by atoms with Crippen LogP contribution in [0.5, 0.6) is 0 Å². The molecule has 0 saturated carbocycles. The summed E-state index contributed by atoms with van der Waals surface area (Å²) in [5, 5.41) is 8.85. The molecule has 0 aliphatic rings. The molecule has 0 bridgehead atoms. The Morgan fingerprint density at radius 3 is 1.21 bits per heavy atom. The normalized spacial score (nSPS) is 13.8. The van der Waals surface area contributed by atoms with E-state index in [1.54, 1.807) is 0 Å². The van der Waals surface area contributed by atoms with Gasteiger partial charge in [-0.2, -0.15) is 0 Å². The van der Waals surface area contributed by atoms with Gasteiger partial charge in [0.2, 0.25) is 0 Å². The Labute approximate surface area is 316 Å². The topological polar surface area (TPSA) is 172 Å². The number of rotatable bonds is 40. The maximum Gasteiger partial charge on any atom is 0.472 e. The van der Waals surface area contributed by atoms with E-state index >= 15 is 0 Å². The summed E-state index contributed by atoms with van der Waals surface area (Å²) in [6, 6.07) is -1.51. The lowest BCUT2D eigenvalue weighted by molar-refractivity contribution is -0.161. The smallest absolute Gasteiger partial charge is 0.472 e. The zero-order valence-corrected chi connectivity index (χ0v) is 34.1. The van der Waals surface area contributed by atoms with Crippen LogP contribution in [0.25, 0.3) is 0 Å². The van der Waals surface area contributed by atoms with Gasteiger partial charge >= 0.3 is 25.7 Å². The zero-order valence-electron chi connectivity index (χ0n) is 33.2. The van der Waals surface area contributed by atoms with Gasteiger partial charge in [-0.25, -0.2) is 4.57 Å². The first-order valence-electron chi connectivity index (χ1n) is 21.1. The van der Waals surface area contributed by atoms with Crippen LogP contribution in [-0.4, -0.2) is 59.9 Å². The van der Waals surface area contributed by atoms with Crippen LogP contribution in [0.15, 0.2) is 0 Å². The van der Waals surface area contributed by atoms with Crippen LogP contribution in [0.2, 0.25) is 0 Å². The molecule has 3 unspecified atom stereocenters. The fourth-order valence-corrected chi connectivity index (χ4v) is 6.79. The number of hydrogen-bond donors (Lipinski definition) is 3. The predicted molar refractivity (Wildman–Crippen MR) is 208 cm³/mol. The second-order valence-corrected chi connectivity index (χ2v) is 15.9. The Morgan fingerprint density at radius 2 is 0.846 bits per heavy atom. The number of carbonyl (C=O) groups is 3. The molecule has 11 nitrogen and oxygen atoms in total. The number of unbranched alkanes of at least 4 members (excludes halogenated alkanes) is 26. The molecule has 0 aliphatic carbocycles. The number of esters is 2. The summed E-state index contributed by atoms with van der Waals surface area (Å²) in [5.41, 5.74) is 5.31. The monoisotopic (exact) mass is 764 g/mol. The summed E-state index contributed by atoms with van der Waals surface area (Å²) in [6.07, 6.45) is 33.6. The largest absolute Gasteiger partial charge is 0.480 e.